The molecule has 0 radical (unpaired) electrons. The molecule has 0 N–H and O–H groups in total. The number of pyridine rings is 1. The first-order valence-electron chi connectivity index (χ1n) is 8.79. The maximum absolute atomic E-state index is 12.0. The van der Waals surface area contributed by atoms with E-state index in [2.05, 4.69) is 42.1 Å². The van der Waals surface area contributed by atoms with E-state index < -0.39 is 0 Å². The van der Waals surface area contributed by atoms with E-state index in [-0.39, 0.29) is 5.63 Å². The minimum absolute atomic E-state index is 0.274. The summed E-state index contributed by atoms with van der Waals surface area (Å²) in [5.74, 6) is 0. The van der Waals surface area contributed by atoms with E-state index in [1.165, 1.54) is 36.0 Å². The van der Waals surface area contributed by atoms with Crippen molar-refractivity contribution in [2.75, 3.05) is 0 Å². The van der Waals surface area contributed by atoms with Crippen molar-refractivity contribution < 1.29 is 8.98 Å². The predicted molar refractivity (Wildman–Crippen MR) is 94.2 cm³/mol. The van der Waals surface area contributed by atoms with Crippen LogP contribution in [0.4, 0.5) is 0 Å². The second-order valence-electron chi connectivity index (χ2n) is 6.65. The number of fused-ring (bicyclic) bond motifs is 2. The van der Waals surface area contributed by atoms with Gasteiger partial charge in [-0.3, -0.25) is 0 Å². The summed E-state index contributed by atoms with van der Waals surface area (Å²) in [6.07, 6.45) is 10.2. The van der Waals surface area contributed by atoms with Crippen LogP contribution in [0.2, 0.25) is 0 Å². The smallest absolute Gasteiger partial charge is 0.336 e. The molecule has 3 nitrogen and oxygen atoms in total. The number of nitrogens with zero attached hydrogens (tertiary/aromatic N) is 1. The van der Waals surface area contributed by atoms with Crippen LogP contribution < -0.4 is 10.2 Å². The Balaban J connectivity index is 1.75. The Morgan fingerprint density at radius 3 is 2.75 bits per heavy atom. The van der Waals surface area contributed by atoms with Gasteiger partial charge in [0, 0.05) is 28.6 Å². The van der Waals surface area contributed by atoms with Gasteiger partial charge in [0.25, 0.3) is 0 Å². The van der Waals surface area contributed by atoms with Crippen molar-refractivity contribution in [3.8, 4) is 0 Å². The summed E-state index contributed by atoms with van der Waals surface area (Å²) in [7, 11) is 0. The van der Waals surface area contributed by atoms with Crippen LogP contribution in [0.15, 0.2) is 51.9 Å². The Morgan fingerprint density at radius 1 is 1.08 bits per heavy atom. The zero-order valence-electron chi connectivity index (χ0n) is 14.0. The highest BCUT2D eigenvalue weighted by molar-refractivity contribution is 5.80. The SMILES string of the molecule is CCc1ccc2c(C[n+]3ccc4c(c3)CCCC4)cc(=O)oc2c1. The van der Waals surface area contributed by atoms with Crippen molar-refractivity contribution >= 4 is 11.0 Å². The lowest BCUT2D eigenvalue weighted by Crippen LogP contribution is -2.35. The summed E-state index contributed by atoms with van der Waals surface area (Å²) in [6.45, 7) is 2.80. The van der Waals surface area contributed by atoms with Crippen LogP contribution in [0.25, 0.3) is 11.0 Å². The molecule has 0 fully saturated rings. The number of hydrogen-bond acceptors (Lipinski definition) is 2. The van der Waals surface area contributed by atoms with E-state index in [4.69, 9.17) is 4.42 Å². The Kier molecular flexibility index (Phi) is 3.93. The molecule has 122 valence electrons. The van der Waals surface area contributed by atoms with Gasteiger partial charge in [-0.1, -0.05) is 19.1 Å². The number of aryl methyl sites for hydroxylation is 3. The van der Waals surface area contributed by atoms with E-state index in [9.17, 15) is 4.79 Å². The lowest BCUT2D eigenvalue weighted by Gasteiger charge is -2.13. The fourth-order valence-electron chi connectivity index (χ4n) is 3.64. The molecule has 4 rings (SSSR count). The quantitative estimate of drug-likeness (QED) is 0.546. The molecular weight excluding hydrogens is 298 g/mol. The zero-order chi connectivity index (χ0) is 16.5. The van der Waals surface area contributed by atoms with Crippen LogP contribution in [0.3, 0.4) is 0 Å². The third-order valence-electron chi connectivity index (χ3n) is 5.00. The van der Waals surface area contributed by atoms with Gasteiger partial charge < -0.3 is 4.42 Å². The van der Waals surface area contributed by atoms with Crippen LogP contribution in [-0.2, 0) is 25.8 Å². The molecule has 0 saturated carbocycles. The van der Waals surface area contributed by atoms with Gasteiger partial charge in [-0.25, -0.2) is 9.36 Å². The maximum atomic E-state index is 12.0. The molecule has 0 aliphatic heterocycles. The van der Waals surface area contributed by atoms with E-state index in [1.54, 1.807) is 6.07 Å². The number of aromatic nitrogens is 1. The van der Waals surface area contributed by atoms with Crippen LogP contribution >= 0.6 is 0 Å². The van der Waals surface area contributed by atoms with Gasteiger partial charge in [0.2, 0.25) is 0 Å². The van der Waals surface area contributed by atoms with Crippen molar-refractivity contribution in [1.82, 2.24) is 0 Å². The first kappa shape index (κ1) is 15.1. The van der Waals surface area contributed by atoms with Crippen molar-refractivity contribution in [3.05, 3.63) is 75.4 Å². The van der Waals surface area contributed by atoms with Gasteiger partial charge in [-0.2, -0.15) is 0 Å². The third kappa shape index (κ3) is 2.86. The Hall–Kier alpha value is -2.42. The Morgan fingerprint density at radius 2 is 1.92 bits per heavy atom. The number of benzene rings is 1. The topological polar surface area (TPSA) is 34.1 Å². The molecule has 1 aliphatic carbocycles. The minimum atomic E-state index is -0.274. The lowest BCUT2D eigenvalue weighted by molar-refractivity contribution is -0.688. The van der Waals surface area contributed by atoms with Crippen molar-refractivity contribution in [1.29, 1.82) is 0 Å². The lowest BCUT2D eigenvalue weighted by atomic mass is 9.93. The molecule has 3 aromatic rings. The van der Waals surface area contributed by atoms with E-state index in [0.717, 1.165) is 23.8 Å². The first-order valence-corrected chi connectivity index (χ1v) is 8.79. The molecule has 0 bridgehead atoms. The minimum Gasteiger partial charge on any atom is -0.423 e. The van der Waals surface area contributed by atoms with E-state index in [1.807, 2.05) is 6.07 Å². The summed E-state index contributed by atoms with van der Waals surface area (Å²) in [6, 6.07) is 10.0. The third-order valence-corrected chi connectivity index (χ3v) is 5.00. The largest absolute Gasteiger partial charge is 0.423 e. The molecule has 0 unspecified atom stereocenters. The highest BCUT2D eigenvalue weighted by Gasteiger charge is 2.15. The second kappa shape index (κ2) is 6.23. The molecule has 1 aliphatic rings. The molecular formula is C21H22NO2+. The molecule has 0 saturated heterocycles. The van der Waals surface area contributed by atoms with Crippen molar-refractivity contribution in [2.24, 2.45) is 0 Å². The molecule has 0 spiro atoms. The first-order chi connectivity index (χ1) is 11.7. The molecule has 0 amide bonds. The fraction of sp³-hybridized carbons (Fsp3) is 0.333. The van der Waals surface area contributed by atoms with Gasteiger partial charge in [0.05, 0.1) is 0 Å². The summed E-state index contributed by atoms with van der Waals surface area (Å²) < 4.78 is 7.59. The molecule has 2 heterocycles. The summed E-state index contributed by atoms with van der Waals surface area (Å²) in [5, 5.41) is 1.03. The molecule has 3 heteroatoms. The number of rotatable bonds is 3. The Labute approximate surface area is 141 Å². The monoisotopic (exact) mass is 320 g/mol. The molecule has 0 atom stereocenters. The van der Waals surface area contributed by atoms with Gasteiger partial charge in [-0.15, -0.1) is 0 Å². The zero-order valence-corrected chi connectivity index (χ0v) is 14.0. The molecule has 1 aromatic carbocycles. The molecule has 24 heavy (non-hydrogen) atoms. The molecule has 2 aromatic heterocycles. The van der Waals surface area contributed by atoms with Gasteiger partial charge >= 0.3 is 5.63 Å². The average molecular weight is 320 g/mol. The van der Waals surface area contributed by atoms with Crippen LogP contribution in [0, 0.1) is 0 Å². The Bertz CT molecular complexity index is 956. The van der Waals surface area contributed by atoms with Gasteiger partial charge in [0.15, 0.2) is 18.9 Å². The van der Waals surface area contributed by atoms with E-state index >= 15 is 0 Å². The maximum Gasteiger partial charge on any atom is 0.336 e. The average Bonchev–Trinajstić information content (AvgIpc) is 2.61. The number of hydrogen-bond donors (Lipinski definition) is 0. The normalized spacial score (nSPS) is 13.9. The highest BCUT2D eigenvalue weighted by atomic mass is 16.4. The standard InChI is InChI=1S/C21H22NO2/c1-2-15-7-8-19-18(12-21(23)24-20(19)11-15)14-22-10-9-16-5-3-4-6-17(16)13-22/h7-13H,2-6,14H2,1H3/q+1. The van der Waals surface area contributed by atoms with Crippen LogP contribution in [0.5, 0.6) is 0 Å². The van der Waals surface area contributed by atoms with Crippen LogP contribution in [0.1, 0.15) is 42.0 Å². The summed E-state index contributed by atoms with van der Waals surface area (Å²) >= 11 is 0. The van der Waals surface area contributed by atoms with Crippen molar-refractivity contribution in [2.45, 2.75) is 45.6 Å². The van der Waals surface area contributed by atoms with Gasteiger partial charge in [0.1, 0.15) is 5.58 Å². The van der Waals surface area contributed by atoms with Crippen molar-refractivity contribution in [3.63, 3.8) is 0 Å². The predicted octanol–water partition coefficient (Wildman–Crippen LogP) is 3.57. The van der Waals surface area contributed by atoms with Crippen LogP contribution in [-0.4, -0.2) is 0 Å². The summed E-state index contributed by atoms with van der Waals surface area (Å²) in [5.41, 5.74) is 5.54. The summed E-state index contributed by atoms with van der Waals surface area (Å²) in [4.78, 5) is 12.0. The van der Waals surface area contributed by atoms with E-state index in [0.29, 0.717) is 12.1 Å². The van der Waals surface area contributed by atoms with Gasteiger partial charge in [-0.05, 0) is 49.3 Å². The second-order valence-corrected chi connectivity index (χ2v) is 6.65. The highest BCUT2D eigenvalue weighted by Crippen LogP contribution is 2.21. The fourth-order valence-corrected chi connectivity index (χ4v) is 3.64.